The van der Waals surface area contributed by atoms with Gasteiger partial charge in [0.2, 0.25) is 0 Å². The molecule has 2 atom stereocenters. The highest BCUT2D eigenvalue weighted by atomic mass is 32.1. The van der Waals surface area contributed by atoms with Crippen molar-refractivity contribution in [3.05, 3.63) is 35.4 Å². The van der Waals surface area contributed by atoms with Crippen molar-refractivity contribution in [1.29, 1.82) is 0 Å². The number of hydrogen-bond acceptors (Lipinski definition) is 3. The lowest BCUT2D eigenvalue weighted by atomic mass is 9.85. The maximum Gasteiger partial charge on any atom is 0.105 e. The third-order valence-electron chi connectivity index (χ3n) is 2.88. The number of aliphatic hydroxyl groups is 2. The van der Waals surface area contributed by atoms with Crippen LogP contribution in [0.5, 0.6) is 0 Å². The van der Waals surface area contributed by atoms with Gasteiger partial charge < -0.3 is 10.2 Å². The van der Waals surface area contributed by atoms with Gasteiger partial charge in [0.15, 0.2) is 0 Å². The fourth-order valence-corrected chi connectivity index (χ4v) is 1.97. The Kier molecular flexibility index (Phi) is 5.04. The van der Waals surface area contributed by atoms with Crippen LogP contribution in [-0.4, -0.2) is 22.1 Å². The van der Waals surface area contributed by atoms with Crippen molar-refractivity contribution in [3.8, 4) is 0 Å². The summed E-state index contributed by atoms with van der Waals surface area (Å²) in [6.45, 7) is 6.38. The van der Waals surface area contributed by atoms with Crippen LogP contribution in [0.3, 0.4) is 0 Å². The van der Waals surface area contributed by atoms with Gasteiger partial charge in [-0.05, 0) is 28.7 Å². The predicted molar refractivity (Wildman–Crippen MR) is 74.6 cm³/mol. The molecule has 1 aromatic carbocycles. The monoisotopic (exact) mass is 254 g/mol. The van der Waals surface area contributed by atoms with Crippen LogP contribution in [0.2, 0.25) is 0 Å². The van der Waals surface area contributed by atoms with E-state index in [1.807, 2.05) is 24.3 Å². The zero-order chi connectivity index (χ0) is 13.1. The van der Waals surface area contributed by atoms with Gasteiger partial charge in [-0.2, -0.15) is 12.6 Å². The van der Waals surface area contributed by atoms with Crippen molar-refractivity contribution in [3.63, 3.8) is 0 Å². The Morgan fingerprint density at radius 1 is 1.24 bits per heavy atom. The molecule has 3 heteroatoms. The highest BCUT2D eigenvalue weighted by molar-refractivity contribution is 7.80. The summed E-state index contributed by atoms with van der Waals surface area (Å²) < 4.78 is 0. The van der Waals surface area contributed by atoms with Crippen molar-refractivity contribution < 1.29 is 10.2 Å². The largest absolute Gasteiger partial charge is 0.390 e. The van der Waals surface area contributed by atoms with Crippen molar-refractivity contribution in [2.24, 2.45) is 0 Å². The maximum absolute atomic E-state index is 10.0. The van der Waals surface area contributed by atoms with E-state index in [9.17, 15) is 10.2 Å². The van der Waals surface area contributed by atoms with Gasteiger partial charge in [-0.3, -0.25) is 0 Å². The van der Waals surface area contributed by atoms with Crippen LogP contribution >= 0.6 is 12.6 Å². The molecule has 2 nitrogen and oxygen atoms in total. The first-order chi connectivity index (χ1) is 7.86. The summed E-state index contributed by atoms with van der Waals surface area (Å²) in [6.07, 6.45) is -1.09. The molecule has 0 aliphatic carbocycles. The van der Waals surface area contributed by atoms with E-state index >= 15 is 0 Å². The number of thiol groups is 1. The Hall–Kier alpha value is -0.510. The van der Waals surface area contributed by atoms with Gasteiger partial charge in [0, 0.05) is 0 Å². The van der Waals surface area contributed by atoms with E-state index in [0.29, 0.717) is 12.2 Å². The summed E-state index contributed by atoms with van der Waals surface area (Å²) in [7, 11) is 0. The lowest BCUT2D eigenvalue weighted by molar-refractivity contribution is 0.0172. The summed E-state index contributed by atoms with van der Waals surface area (Å²) in [5.74, 6) is 0.567. The average molecular weight is 254 g/mol. The molecule has 0 saturated heterocycles. The molecule has 0 spiro atoms. The third kappa shape index (κ3) is 4.02. The molecular formula is C14H22O2S. The van der Waals surface area contributed by atoms with E-state index in [2.05, 4.69) is 33.4 Å². The molecule has 0 aliphatic heterocycles. The smallest absolute Gasteiger partial charge is 0.105 e. The summed E-state index contributed by atoms with van der Waals surface area (Å²) in [5, 5.41) is 19.8. The van der Waals surface area contributed by atoms with E-state index in [0.717, 1.165) is 11.1 Å². The first-order valence-electron chi connectivity index (χ1n) is 5.93. The molecule has 0 fully saturated rings. The first kappa shape index (κ1) is 14.6. The van der Waals surface area contributed by atoms with Crippen molar-refractivity contribution in [2.45, 2.75) is 44.8 Å². The minimum atomic E-state index is -0.829. The molecule has 0 bridgehead atoms. The van der Waals surface area contributed by atoms with Crippen LogP contribution < -0.4 is 0 Å². The fraction of sp³-hybridized carbons (Fsp3) is 0.571. The lowest BCUT2D eigenvalue weighted by Crippen LogP contribution is -2.19. The molecule has 0 saturated carbocycles. The number of hydrogen-bond donors (Lipinski definition) is 3. The molecule has 2 N–H and O–H groups in total. The Labute approximate surface area is 109 Å². The molecule has 1 aromatic rings. The molecule has 0 heterocycles. The van der Waals surface area contributed by atoms with Crippen LogP contribution in [0.1, 0.15) is 44.4 Å². The van der Waals surface area contributed by atoms with Gasteiger partial charge in [0.25, 0.3) is 0 Å². The summed E-state index contributed by atoms with van der Waals surface area (Å²) in [4.78, 5) is 0. The van der Waals surface area contributed by atoms with Crippen LogP contribution in [0.25, 0.3) is 0 Å². The van der Waals surface area contributed by atoms with E-state index in [1.54, 1.807) is 0 Å². The lowest BCUT2D eigenvalue weighted by Gasteiger charge is -2.22. The normalized spacial score (nSPS) is 15.6. The van der Waals surface area contributed by atoms with Gasteiger partial charge in [0.1, 0.15) is 6.10 Å². The van der Waals surface area contributed by atoms with Crippen molar-refractivity contribution >= 4 is 12.6 Å². The molecule has 96 valence electrons. The van der Waals surface area contributed by atoms with Gasteiger partial charge in [-0.15, -0.1) is 0 Å². The van der Waals surface area contributed by atoms with Gasteiger partial charge >= 0.3 is 0 Å². The first-order valence-corrected chi connectivity index (χ1v) is 6.57. The van der Waals surface area contributed by atoms with E-state index < -0.39 is 12.2 Å². The fourth-order valence-electron chi connectivity index (χ4n) is 1.70. The quantitative estimate of drug-likeness (QED) is 0.723. The second-order valence-corrected chi connectivity index (χ2v) is 5.85. The van der Waals surface area contributed by atoms with Crippen molar-refractivity contribution in [2.75, 3.05) is 5.75 Å². The molecule has 0 amide bonds. The van der Waals surface area contributed by atoms with E-state index in [-0.39, 0.29) is 5.41 Å². The molecular weight excluding hydrogens is 232 g/mol. The van der Waals surface area contributed by atoms with Crippen LogP contribution in [0.4, 0.5) is 0 Å². The average Bonchev–Trinajstić information content (AvgIpc) is 2.27. The number of rotatable bonds is 4. The molecule has 17 heavy (non-hydrogen) atoms. The zero-order valence-corrected chi connectivity index (χ0v) is 11.6. The predicted octanol–water partition coefficient (Wildman–Crippen LogP) is 2.70. The summed E-state index contributed by atoms with van der Waals surface area (Å²) >= 11 is 4.06. The Balaban J connectivity index is 2.92. The third-order valence-corrected chi connectivity index (χ3v) is 3.14. The highest BCUT2D eigenvalue weighted by Crippen LogP contribution is 2.26. The van der Waals surface area contributed by atoms with Gasteiger partial charge in [0.05, 0.1) is 6.10 Å². The highest BCUT2D eigenvalue weighted by Gasteiger charge is 2.20. The van der Waals surface area contributed by atoms with E-state index in [4.69, 9.17) is 0 Å². The van der Waals surface area contributed by atoms with Crippen LogP contribution in [0.15, 0.2) is 24.3 Å². The molecule has 2 unspecified atom stereocenters. The molecule has 0 aliphatic rings. The second-order valence-electron chi connectivity index (χ2n) is 5.40. The van der Waals surface area contributed by atoms with Gasteiger partial charge in [-0.25, -0.2) is 0 Å². The molecule has 1 rings (SSSR count). The summed E-state index contributed by atoms with van der Waals surface area (Å²) in [5.41, 5.74) is 1.98. The molecule has 0 radical (unpaired) electrons. The van der Waals surface area contributed by atoms with E-state index in [1.165, 1.54) is 0 Å². The Morgan fingerprint density at radius 2 is 1.88 bits per heavy atom. The Bertz CT molecular complexity index is 357. The standard InChI is InChI=1S/C14H22O2S/c1-14(2,3)11-6-4-5-10(9-11)13(16)12(15)7-8-17/h4-6,9,12-13,15-17H,7-8H2,1-3H3. The van der Waals surface area contributed by atoms with Gasteiger partial charge in [-0.1, -0.05) is 45.0 Å². The molecule has 0 aromatic heterocycles. The van der Waals surface area contributed by atoms with Crippen LogP contribution in [0, 0.1) is 0 Å². The zero-order valence-electron chi connectivity index (χ0n) is 10.7. The SMILES string of the molecule is CC(C)(C)c1cccc(C(O)C(O)CCS)c1. The topological polar surface area (TPSA) is 40.5 Å². The maximum atomic E-state index is 10.0. The Morgan fingerprint density at radius 3 is 2.41 bits per heavy atom. The number of aliphatic hydroxyl groups excluding tert-OH is 2. The minimum absolute atomic E-state index is 0.0459. The van der Waals surface area contributed by atoms with Crippen molar-refractivity contribution in [1.82, 2.24) is 0 Å². The second kappa shape index (κ2) is 5.89. The van der Waals surface area contributed by atoms with Crippen LogP contribution in [-0.2, 0) is 5.41 Å². The summed E-state index contributed by atoms with van der Waals surface area (Å²) in [6, 6.07) is 7.78. The minimum Gasteiger partial charge on any atom is -0.390 e. The number of benzene rings is 1.